The average molecular weight is 244 g/mol. The maximum absolute atomic E-state index is 5.68. The molecule has 0 atom stereocenters. The molecule has 0 aliphatic carbocycles. The van der Waals surface area contributed by atoms with Crippen molar-refractivity contribution >= 4 is 34.4 Å². The lowest BCUT2D eigenvalue weighted by Crippen LogP contribution is -2.22. The van der Waals surface area contributed by atoms with Crippen LogP contribution in [0.2, 0.25) is 0 Å². The number of benzene rings is 1. The highest BCUT2D eigenvalue weighted by atomic mass is 32.7. The molecule has 0 unspecified atom stereocenters. The zero-order valence-electron chi connectivity index (χ0n) is 8.48. The minimum Gasteiger partial charge on any atom is -0.488 e. The molecule has 1 rings (SSSR count). The summed E-state index contributed by atoms with van der Waals surface area (Å²) in [4.78, 5) is 0. The number of rotatable bonds is 2. The summed E-state index contributed by atoms with van der Waals surface area (Å²) in [5, 5.41) is 1.05. The van der Waals surface area contributed by atoms with E-state index in [9.17, 15) is 0 Å². The lowest BCUT2D eigenvalue weighted by Gasteiger charge is -2.21. The largest absolute Gasteiger partial charge is 0.488 e. The third kappa shape index (κ3) is 3.87. The fourth-order valence-corrected chi connectivity index (χ4v) is 2.11. The molecular weight excluding hydrogens is 231 g/mol. The molecule has 0 saturated heterocycles. The van der Waals surface area contributed by atoms with Gasteiger partial charge >= 0.3 is 0 Å². The number of ether oxygens (including phenoxy) is 1. The Morgan fingerprint density at radius 3 is 1.93 bits per heavy atom. The normalized spacial score (nSPS) is 11.1. The summed E-state index contributed by atoms with van der Waals surface area (Å²) in [7, 11) is 0. The predicted molar refractivity (Wildman–Crippen MR) is 68.1 cm³/mol. The van der Waals surface area contributed by atoms with E-state index in [1.165, 1.54) is 0 Å². The molecule has 0 radical (unpaired) electrons. The molecule has 0 amide bonds. The van der Waals surface area contributed by atoms with Crippen molar-refractivity contribution in [2.45, 2.75) is 26.4 Å². The van der Waals surface area contributed by atoms with Gasteiger partial charge < -0.3 is 4.74 Å². The van der Waals surface area contributed by atoms with Crippen LogP contribution < -0.4 is 10.0 Å². The van der Waals surface area contributed by atoms with Gasteiger partial charge in [-0.05, 0) is 68.7 Å². The third-order valence-corrected chi connectivity index (χ3v) is 3.46. The van der Waals surface area contributed by atoms with Crippen LogP contribution in [0.1, 0.15) is 20.8 Å². The van der Waals surface area contributed by atoms with Gasteiger partial charge in [-0.3, -0.25) is 0 Å². The van der Waals surface area contributed by atoms with Gasteiger partial charge in [0.25, 0.3) is 0 Å². The molecular formula is C10H13OPS2. The van der Waals surface area contributed by atoms with Crippen LogP contribution in [0.4, 0.5) is 0 Å². The van der Waals surface area contributed by atoms with Crippen molar-refractivity contribution in [1.82, 2.24) is 0 Å². The Bertz CT molecular complexity index is 366. The van der Waals surface area contributed by atoms with E-state index in [-0.39, 0.29) is 5.60 Å². The van der Waals surface area contributed by atoms with Gasteiger partial charge in [-0.1, -0.05) is 0 Å². The molecule has 1 nitrogen and oxygen atoms in total. The zero-order valence-corrected chi connectivity index (χ0v) is 11.0. The van der Waals surface area contributed by atoms with Crippen LogP contribution >= 0.6 is 5.47 Å². The Morgan fingerprint density at radius 1 is 1.07 bits per heavy atom. The van der Waals surface area contributed by atoms with Crippen LogP contribution in [-0.2, 0) is 23.6 Å². The van der Waals surface area contributed by atoms with Crippen LogP contribution in [0.3, 0.4) is 0 Å². The topological polar surface area (TPSA) is 9.23 Å². The maximum atomic E-state index is 5.68. The van der Waals surface area contributed by atoms with Gasteiger partial charge in [-0.2, -0.15) is 0 Å². The number of hydrogen-bond donors (Lipinski definition) is 0. The van der Waals surface area contributed by atoms with E-state index in [0.29, 0.717) is 0 Å². The van der Waals surface area contributed by atoms with Crippen molar-refractivity contribution < 1.29 is 4.74 Å². The summed E-state index contributed by atoms with van der Waals surface area (Å²) in [6.45, 7) is 6.07. The molecule has 14 heavy (non-hydrogen) atoms. The second kappa shape index (κ2) is 4.52. The zero-order chi connectivity index (χ0) is 10.8. The van der Waals surface area contributed by atoms with Crippen molar-refractivity contribution in [3.8, 4) is 5.75 Å². The fourth-order valence-electron chi connectivity index (χ4n) is 0.989. The highest BCUT2D eigenvalue weighted by Crippen LogP contribution is 2.18. The van der Waals surface area contributed by atoms with Crippen LogP contribution in [0.5, 0.6) is 5.75 Å². The first-order valence-electron chi connectivity index (χ1n) is 4.32. The van der Waals surface area contributed by atoms with E-state index in [2.05, 4.69) is 0 Å². The van der Waals surface area contributed by atoms with E-state index in [1.807, 2.05) is 45.0 Å². The molecule has 0 bridgehead atoms. The molecule has 76 valence electrons. The van der Waals surface area contributed by atoms with E-state index in [0.717, 1.165) is 11.1 Å². The summed E-state index contributed by atoms with van der Waals surface area (Å²) in [6, 6.07) is 7.75. The van der Waals surface area contributed by atoms with Crippen LogP contribution in [-0.4, -0.2) is 5.60 Å². The molecule has 0 heterocycles. The van der Waals surface area contributed by atoms with Crippen molar-refractivity contribution in [2.24, 2.45) is 0 Å². The molecule has 1 aromatic carbocycles. The Hall–Kier alpha value is -0.240. The first kappa shape index (κ1) is 11.8. The lowest BCUT2D eigenvalue weighted by atomic mass is 10.2. The fraction of sp³-hybridized carbons (Fsp3) is 0.400. The molecule has 0 N–H and O–H groups in total. The van der Waals surface area contributed by atoms with E-state index < -0.39 is 5.47 Å². The van der Waals surface area contributed by atoms with Crippen LogP contribution in [0.15, 0.2) is 24.3 Å². The Labute approximate surface area is 95.6 Å². The van der Waals surface area contributed by atoms with Crippen molar-refractivity contribution in [2.75, 3.05) is 0 Å². The highest BCUT2D eigenvalue weighted by molar-refractivity contribution is 8.27. The van der Waals surface area contributed by atoms with Crippen molar-refractivity contribution in [3.63, 3.8) is 0 Å². The first-order chi connectivity index (χ1) is 6.38. The first-order valence-corrected chi connectivity index (χ1v) is 7.69. The molecule has 1 aromatic rings. The molecule has 0 aliphatic rings. The molecule has 0 aromatic heterocycles. The van der Waals surface area contributed by atoms with E-state index >= 15 is 0 Å². The minimum absolute atomic E-state index is 0.159. The van der Waals surface area contributed by atoms with Gasteiger partial charge in [-0.25, -0.2) is 0 Å². The molecule has 4 heteroatoms. The summed E-state index contributed by atoms with van der Waals surface area (Å²) in [6.07, 6.45) is 0. The van der Waals surface area contributed by atoms with Crippen molar-refractivity contribution in [1.29, 1.82) is 0 Å². The van der Waals surface area contributed by atoms with Gasteiger partial charge in [0.05, 0.1) is 0 Å². The average Bonchev–Trinajstić information content (AvgIpc) is 2.02. The van der Waals surface area contributed by atoms with E-state index in [1.54, 1.807) is 0 Å². The molecule has 0 saturated carbocycles. The van der Waals surface area contributed by atoms with Gasteiger partial charge in [0.1, 0.15) is 11.4 Å². The van der Waals surface area contributed by atoms with Crippen LogP contribution in [0, 0.1) is 0 Å². The Balaban J connectivity index is 2.84. The lowest BCUT2D eigenvalue weighted by molar-refractivity contribution is 0.131. The van der Waals surface area contributed by atoms with Gasteiger partial charge in [0.2, 0.25) is 0 Å². The summed E-state index contributed by atoms with van der Waals surface area (Å²) in [5.74, 6) is 0.864. The number of hydrogen-bond acceptors (Lipinski definition) is 3. The summed E-state index contributed by atoms with van der Waals surface area (Å²) < 4.78 is 5.68. The third-order valence-electron chi connectivity index (χ3n) is 1.47. The Kier molecular flexibility index (Phi) is 3.82. The Morgan fingerprint density at radius 2 is 1.57 bits per heavy atom. The van der Waals surface area contributed by atoms with Gasteiger partial charge in [0.15, 0.2) is 0 Å². The molecule has 0 aliphatic heterocycles. The summed E-state index contributed by atoms with van der Waals surface area (Å²) in [5.41, 5.74) is -0.989. The second-order valence-corrected chi connectivity index (χ2v) is 7.88. The quantitative estimate of drug-likeness (QED) is 0.740. The second-order valence-electron chi connectivity index (χ2n) is 3.97. The minimum atomic E-state index is -0.830. The van der Waals surface area contributed by atoms with E-state index in [4.69, 9.17) is 28.4 Å². The predicted octanol–water partition coefficient (Wildman–Crippen LogP) is 2.89. The SMILES string of the molecule is CC(C)(C)Oc1ccc(P(=S)=S)cc1. The molecule has 0 spiro atoms. The van der Waals surface area contributed by atoms with Gasteiger partial charge in [-0.15, -0.1) is 0 Å². The highest BCUT2D eigenvalue weighted by Gasteiger charge is 2.11. The monoisotopic (exact) mass is 244 g/mol. The van der Waals surface area contributed by atoms with Crippen LogP contribution in [0.25, 0.3) is 0 Å². The standard InChI is InChI=1S/C10H13OPS2/c1-10(2,3)11-8-4-6-9(7-5-8)12(13)14/h4-7H,1-3H3. The van der Waals surface area contributed by atoms with Gasteiger partial charge in [0, 0.05) is 10.8 Å². The summed E-state index contributed by atoms with van der Waals surface area (Å²) >= 11 is 10.1. The van der Waals surface area contributed by atoms with Crippen molar-refractivity contribution in [3.05, 3.63) is 24.3 Å². The maximum Gasteiger partial charge on any atom is 0.120 e. The smallest absolute Gasteiger partial charge is 0.120 e. The molecule has 0 fully saturated rings.